The van der Waals surface area contributed by atoms with Crippen LogP contribution in [0.25, 0.3) is 0 Å². The number of rotatable bonds is 7. The molecule has 1 fully saturated rings. The first kappa shape index (κ1) is 12.5. The molecule has 1 heterocycles. The van der Waals surface area contributed by atoms with Gasteiger partial charge in [0.2, 0.25) is 0 Å². The molecule has 1 aromatic rings. The fourth-order valence-electron chi connectivity index (χ4n) is 1.71. The van der Waals surface area contributed by atoms with Crippen LogP contribution in [0.2, 0.25) is 0 Å². The molecule has 0 bridgehead atoms. The molecule has 1 aliphatic rings. The molecule has 1 aliphatic carbocycles. The van der Waals surface area contributed by atoms with E-state index < -0.39 is 0 Å². The van der Waals surface area contributed by atoms with Crippen molar-refractivity contribution in [2.75, 3.05) is 23.9 Å². The molecule has 0 radical (unpaired) electrons. The summed E-state index contributed by atoms with van der Waals surface area (Å²) in [4.78, 5) is 18.7. The minimum Gasteiger partial charge on any atom is -0.370 e. The smallest absolute Gasteiger partial charge is 0.252 e. The topological polar surface area (TPSA) is 57.8 Å². The summed E-state index contributed by atoms with van der Waals surface area (Å²) in [5.41, 5.74) is -0.0477. The second-order valence-electron chi connectivity index (χ2n) is 4.42. The Balaban J connectivity index is 1.85. The van der Waals surface area contributed by atoms with Gasteiger partial charge in [0.05, 0.1) is 0 Å². The highest BCUT2D eigenvalue weighted by molar-refractivity contribution is 7.98. The van der Waals surface area contributed by atoms with Crippen LogP contribution in [-0.2, 0) is 0 Å². The quantitative estimate of drug-likeness (QED) is 0.731. The van der Waals surface area contributed by atoms with Gasteiger partial charge in [0.25, 0.3) is 5.56 Å². The lowest BCUT2D eigenvalue weighted by atomic mass is 10.3. The highest BCUT2D eigenvalue weighted by Crippen LogP contribution is 2.37. The van der Waals surface area contributed by atoms with E-state index in [1.165, 1.54) is 12.2 Å². The van der Waals surface area contributed by atoms with Gasteiger partial charge in [0.15, 0.2) is 0 Å². The van der Waals surface area contributed by atoms with Gasteiger partial charge in [-0.2, -0.15) is 11.8 Å². The van der Waals surface area contributed by atoms with Crippen molar-refractivity contribution < 1.29 is 0 Å². The molecule has 0 spiro atoms. The van der Waals surface area contributed by atoms with Gasteiger partial charge in [-0.1, -0.05) is 0 Å². The van der Waals surface area contributed by atoms with Crippen molar-refractivity contribution in [1.29, 1.82) is 0 Å². The number of hydrogen-bond donors (Lipinski definition) is 2. The average molecular weight is 253 g/mol. The number of unbranched alkanes of at least 4 members (excludes halogenated alkanes) is 1. The Morgan fingerprint density at radius 1 is 1.53 bits per heavy atom. The highest BCUT2D eigenvalue weighted by atomic mass is 32.2. The summed E-state index contributed by atoms with van der Waals surface area (Å²) in [6.07, 6.45) is 6.74. The molecule has 2 rings (SSSR count). The number of nitrogens with zero attached hydrogens (tertiary/aromatic N) is 1. The molecule has 0 atom stereocenters. The molecule has 1 aromatic heterocycles. The predicted molar refractivity (Wildman–Crippen MR) is 72.9 cm³/mol. The van der Waals surface area contributed by atoms with Crippen LogP contribution < -0.4 is 10.9 Å². The van der Waals surface area contributed by atoms with Gasteiger partial charge < -0.3 is 10.3 Å². The summed E-state index contributed by atoms with van der Waals surface area (Å²) in [7, 11) is 0. The van der Waals surface area contributed by atoms with Crippen LogP contribution in [0.3, 0.4) is 0 Å². The maximum Gasteiger partial charge on any atom is 0.252 e. The maximum atomic E-state index is 11.4. The zero-order chi connectivity index (χ0) is 12.1. The van der Waals surface area contributed by atoms with Crippen molar-refractivity contribution in [2.24, 2.45) is 0 Å². The van der Waals surface area contributed by atoms with Gasteiger partial charge in [-0.3, -0.25) is 4.79 Å². The number of hydrogen-bond acceptors (Lipinski definition) is 4. The third-order valence-corrected chi connectivity index (χ3v) is 3.50. The molecule has 2 N–H and O–H groups in total. The van der Waals surface area contributed by atoms with E-state index in [2.05, 4.69) is 21.5 Å². The first-order valence-electron chi connectivity index (χ1n) is 6.13. The lowest BCUT2D eigenvalue weighted by molar-refractivity contribution is 0.831. The van der Waals surface area contributed by atoms with Crippen molar-refractivity contribution in [2.45, 2.75) is 31.6 Å². The molecule has 0 amide bonds. The van der Waals surface area contributed by atoms with Crippen LogP contribution in [0.15, 0.2) is 10.9 Å². The molecule has 0 unspecified atom stereocenters. The normalized spacial score (nSPS) is 14.9. The SMILES string of the molecule is CSCCCCNc1cc(=O)[nH]c(C2CC2)n1. The molecule has 17 heavy (non-hydrogen) atoms. The van der Waals surface area contributed by atoms with Crippen LogP contribution in [0.1, 0.15) is 37.4 Å². The second kappa shape index (κ2) is 6.10. The summed E-state index contributed by atoms with van der Waals surface area (Å²) in [6.45, 7) is 0.890. The number of anilines is 1. The second-order valence-corrected chi connectivity index (χ2v) is 5.40. The zero-order valence-corrected chi connectivity index (χ0v) is 11.0. The van der Waals surface area contributed by atoms with Crippen LogP contribution in [0.5, 0.6) is 0 Å². The summed E-state index contributed by atoms with van der Waals surface area (Å²) in [6, 6.07) is 1.54. The molecule has 0 saturated heterocycles. The van der Waals surface area contributed by atoms with Gasteiger partial charge >= 0.3 is 0 Å². The Morgan fingerprint density at radius 2 is 2.35 bits per heavy atom. The van der Waals surface area contributed by atoms with Gasteiger partial charge in [0.1, 0.15) is 11.6 Å². The molecular weight excluding hydrogens is 234 g/mol. The first-order valence-corrected chi connectivity index (χ1v) is 7.53. The maximum absolute atomic E-state index is 11.4. The van der Waals surface area contributed by atoms with Crippen LogP contribution >= 0.6 is 11.8 Å². The number of H-pyrrole nitrogens is 1. The molecule has 0 aromatic carbocycles. The fourth-order valence-corrected chi connectivity index (χ4v) is 2.20. The number of aromatic nitrogens is 2. The lowest BCUT2D eigenvalue weighted by Crippen LogP contribution is -2.14. The third-order valence-electron chi connectivity index (χ3n) is 2.81. The minimum absolute atomic E-state index is 0.0477. The van der Waals surface area contributed by atoms with Gasteiger partial charge in [-0.15, -0.1) is 0 Å². The Morgan fingerprint density at radius 3 is 3.06 bits per heavy atom. The standard InChI is InChI=1S/C12H19N3OS/c1-17-7-3-2-6-13-10-8-11(16)15-12(14-10)9-4-5-9/h8-9H,2-7H2,1H3,(H2,13,14,15,16). The largest absolute Gasteiger partial charge is 0.370 e. The summed E-state index contributed by atoms with van der Waals surface area (Å²) in [5.74, 6) is 3.25. The lowest BCUT2D eigenvalue weighted by Gasteiger charge is -2.06. The summed E-state index contributed by atoms with van der Waals surface area (Å²) < 4.78 is 0. The van der Waals surface area contributed by atoms with Gasteiger partial charge in [-0.25, -0.2) is 4.98 Å². The number of aromatic amines is 1. The molecule has 5 heteroatoms. The van der Waals surface area contributed by atoms with Crippen molar-refractivity contribution in [3.8, 4) is 0 Å². The van der Waals surface area contributed by atoms with E-state index >= 15 is 0 Å². The van der Waals surface area contributed by atoms with Crippen molar-refractivity contribution in [3.05, 3.63) is 22.2 Å². The van der Waals surface area contributed by atoms with Crippen LogP contribution in [-0.4, -0.2) is 28.5 Å². The third kappa shape index (κ3) is 4.07. The van der Waals surface area contributed by atoms with Gasteiger partial charge in [-0.05, 0) is 37.7 Å². The zero-order valence-electron chi connectivity index (χ0n) is 10.2. The Bertz CT molecular complexity index is 414. The van der Waals surface area contributed by atoms with Crippen molar-refractivity contribution in [3.63, 3.8) is 0 Å². The predicted octanol–water partition coefficient (Wildman–Crippen LogP) is 2.20. The van der Waals surface area contributed by atoms with Gasteiger partial charge in [0, 0.05) is 18.5 Å². The monoisotopic (exact) mass is 253 g/mol. The van der Waals surface area contributed by atoms with E-state index in [9.17, 15) is 4.79 Å². The Labute approximate surface area is 106 Å². The molecular formula is C12H19N3OS. The molecule has 4 nitrogen and oxygen atoms in total. The van der Waals surface area contributed by atoms with E-state index in [4.69, 9.17) is 0 Å². The van der Waals surface area contributed by atoms with E-state index in [1.54, 1.807) is 6.07 Å². The first-order chi connectivity index (χ1) is 8.29. The van der Waals surface area contributed by atoms with E-state index in [-0.39, 0.29) is 5.56 Å². The Hall–Kier alpha value is -0.970. The van der Waals surface area contributed by atoms with E-state index in [0.29, 0.717) is 5.92 Å². The van der Waals surface area contributed by atoms with E-state index in [0.717, 1.165) is 37.4 Å². The number of nitrogens with one attached hydrogen (secondary N) is 2. The van der Waals surface area contributed by atoms with Crippen LogP contribution in [0, 0.1) is 0 Å². The van der Waals surface area contributed by atoms with Crippen molar-refractivity contribution >= 4 is 17.6 Å². The fraction of sp³-hybridized carbons (Fsp3) is 0.667. The average Bonchev–Trinajstić information content (AvgIpc) is 3.12. The molecule has 1 saturated carbocycles. The molecule has 0 aliphatic heterocycles. The van der Waals surface area contributed by atoms with Crippen molar-refractivity contribution in [1.82, 2.24) is 9.97 Å². The van der Waals surface area contributed by atoms with Crippen LogP contribution in [0.4, 0.5) is 5.82 Å². The highest BCUT2D eigenvalue weighted by Gasteiger charge is 2.26. The summed E-state index contributed by atoms with van der Waals surface area (Å²) >= 11 is 1.87. The van der Waals surface area contributed by atoms with E-state index in [1.807, 2.05) is 11.8 Å². The molecule has 94 valence electrons. The Kier molecular flexibility index (Phi) is 4.48. The summed E-state index contributed by atoms with van der Waals surface area (Å²) in [5, 5.41) is 3.23. The minimum atomic E-state index is -0.0477. The number of thioether (sulfide) groups is 1.